The Hall–Kier alpha value is -1.79. The van der Waals surface area contributed by atoms with E-state index in [1.165, 1.54) is 12.1 Å². The van der Waals surface area contributed by atoms with Gasteiger partial charge in [0.2, 0.25) is 0 Å². The van der Waals surface area contributed by atoms with Gasteiger partial charge in [0.05, 0.1) is 16.8 Å². The molecule has 1 aromatic carbocycles. The first-order valence-electron chi connectivity index (χ1n) is 7.77. The van der Waals surface area contributed by atoms with Gasteiger partial charge in [0.25, 0.3) is 0 Å². The highest BCUT2D eigenvalue weighted by atomic mass is 32.2. The van der Waals surface area contributed by atoms with E-state index in [1.807, 2.05) is 36.1 Å². The van der Waals surface area contributed by atoms with Crippen molar-refractivity contribution >= 4 is 9.84 Å². The Morgan fingerprint density at radius 3 is 2.67 bits per heavy atom. The number of aliphatic hydroxyl groups is 1. The molecule has 6 heteroatoms. The van der Waals surface area contributed by atoms with Crippen LogP contribution in [0.5, 0.6) is 0 Å². The van der Waals surface area contributed by atoms with Crippen molar-refractivity contribution in [3.05, 3.63) is 59.7 Å². The number of nitrogens with zero attached hydrogens (tertiary/aromatic N) is 1. The highest BCUT2D eigenvalue weighted by Crippen LogP contribution is 2.44. The quantitative estimate of drug-likeness (QED) is 0.632. The van der Waals surface area contributed by atoms with Crippen LogP contribution in [0.1, 0.15) is 30.9 Å². The number of halogens is 1. The lowest BCUT2D eigenvalue weighted by Gasteiger charge is -2.33. The average molecular weight is 350 g/mol. The minimum Gasteiger partial charge on any atom is -0.392 e. The summed E-state index contributed by atoms with van der Waals surface area (Å²) < 4.78 is 41.3. The number of sulfone groups is 1. The van der Waals surface area contributed by atoms with Crippen molar-refractivity contribution < 1.29 is 22.5 Å². The van der Waals surface area contributed by atoms with E-state index < -0.39 is 33.1 Å². The summed E-state index contributed by atoms with van der Waals surface area (Å²) in [6.07, 6.45) is 2.72. The van der Waals surface area contributed by atoms with Gasteiger partial charge in [-0.15, -0.1) is 0 Å². The fraction of sp³-hybridized carbons (Fsp3) is 0.389. The molecule has 3 rings (SSSR count). The summed E-state index contributed by atoms with van der Waals surface area (Å²) in [5.74, 6) is -1.31. The summed E-state index contributed by atoms with van der Waals surface area (Å²) in [4.78, 5) is 0.102. The third-order valence-corrected chi connectivity index (χ3v) is 6.81. The van der Waals surface area contributed by atoms with Gasteiger partial charge in [0, 0.05) is 23.0 Å². The first-order chi connectivity index (χ1) is 11.1. The van der Waals surface area contributed by atoms with Gasteiger partial charge in [0.15, 0.2) is 22.2 Å². The summed E-state index contributed by atoms with van der Waals surface area (Å²) in [6, 6.07) is 7.35. The van der Waals surface area contributed by atoms with E-state index >= 15 is 0 Å². The summed E-state index contributed by atoms with van der Waals surface area (Å²) in [6.45, 7) is 3.46. The molecule has 2 atom stereocenters. The van der Waals surface area contributed by atoms with E-state index in [2.05, 4.69) is 0 Å². The number of hydrogen-bond acceptors (Lipinski definition) is 3. The average Bonchev–Trinajstić information content (AvgIpc) is 2.51. The standard InChI is InChI=1S/C18H21FNO3S/c1-18(2)11-24(22,23)15-7-6-13(19)9-14(15)16(17(18)21)12-5-4-8-20(3)10-12/h4-10,16-17,21H,11H2,1-3H3/q+1/t16-,17-/m1/s1. The van der Waals surface area contributed by atoms with Crippen LogP contribution in [0.15, 0.2) is 47.6 Å². The maximum absolute atomic E-state index is 13.9. The molecular weight excluding hydrogens is 329 g/mol. The van der Waals surface area contributed by atoms with Gasteiger partial charge in [-0.1, -0.05) is 13.8 Å². The SMILES string of the molecule is C[n+]1cccc([C@@H]2c3cc(F)ccc3S(=O)(=O)CC(C)(C)[C@@H]2O)c1. The van der Waals surface area contributed by atoms with Crippen LogP contribution in [0.3, 0.4) is 0 Å². The van der Waals surface area contributed by atoms with Gasteiger partial charge in [-0.2, -0.15) is 0 Å². The van der Waals surface area contributed by atoms with E-state index in [-0.39, 0.29) is 10.6 Å². The zero-order valence-corrected chi connectivity index (χ0v) is 14.7. The summed E-state index contributed by atoms with van der Waals surface area (Å²) >= 11 is 0. The Balaban J connectivity index is 2.34. The molecule has 2 aromatic rings. The van der Waals surface area contributed by atoms with Gasteiger partial charge in [-0.3, -0.25) is 0 Å². The zero-order valence-electron chi connectivity index (χ0n) is 13.9. The number of aliphatic hydroxyl groups excluding tert-OH is 1. The van der Waals surface area contributed by atoms with Gasteiger partial charge in [-0.25, -0.2) is 17.4 Å². The number of fused-ring (bicyclic) bond motifs is 1. The molecule has 0 radical (unpaired) electrons. The molecule has 1 aliphatic heterocycles. The van der Waals surface area contributed by atoms with E-state index in [1.54, 1.807) is 13.8 Å². The molecule has 24 heavy (non-hydrogen) atoms. The monoisotopic (exact) mass is 350 g/mol. The summed E-state index contributed by atoms with van der Waals surface area (Å²) in [7, 11) is -1.77. The van der Waals surface area contributed by atoms with Crippen LogP contribution in [0, 0.1) is 11.2 Å². The molecule has 0 bridgehead atoms. The molecule has 1 N–H and O–H groups in total. The molecular formula is C18H21FNO3S+. The predicted molar refractivity (Wildman–Crippen MR) is 87.7 cm³/mol. The minimum absolute atomic E-state index is 0.102. The third-order valence-electron chi connectivity index (χ3n) is 4.64. The van der Waals surface area contributed by atoms with Crippen LogP contribution in [0.25, 0.3) is 0 Å². The van der Waals surface area contributed by atoms with Crippen LogP contribution in [-0.4, -0.2) is 25.4 Å². The second-order valence-electron chi connectivity index (χ2n) is 7.16. The molecule has 0 saturated heterocycles. The number of hydrogen-bond donors (Lipinski definition) is 1. The van der Waals surface area contributed by atoms with Gasteiger partial charge >= 0.3 is 0 Å². The Labute approximate surface area is 141 Å². The molecule has 0 fully saturated rings. The molecule has 128 valence electrons. The number of aromatic nitrogens is 1. The Morgan fingerprint density at radius 1 is 1.29 bits per heavy atom. The first-order valence-corrected chi connectivity index (χ1v) is 9.42. The normalized spacial score (nSPS) is 24.9. The maximum Gasteiger partial charge on any atom is 0.179 e. The van der Waals surface area contributed by atoms with Crippen molar-refractivity contribution in [2.24, 2.45) is 12.5 Å². The van der Waals surface area contributed by atoms with Gasteiger partial charge in [-0.05, 0) is 29.8 Å². The molecule has 1 aromatic heterocycles. The van der Waals surface area contributed by atoms with E-state index in [9.17, 15) is 17.9 Å². The lowest BCUT2D eigenvalue weighted by molar-refractivity contribution is -0.672. The Kier molecular flexibility index (Phi) is 4.00. The molecule has 2 heterocycles. The van der Waals surface area contributed by atoms with Crippen molar-refractivity contribution in [1.82, 2.24) is 0 Å². The highest BCUT2D eigenvalue weighted by molar-refractivity contribution is 7.91. The lowest BCUT2D eigenvalue weighted by Crippen LogP contribution is -2.39. The van der Waals surface area contributed by atoms with Crippen LogP contribution in [0.2, 0.25) is 0 Å². The zero-order chi connectivity index (χ0) is 17.7. The summed E-state index contributed by atoms with van der Waals surface area (Å²) in [5, 5.41) is 11.0. The predicted octanol–water partition coefficient (Wildman–Crippen LogP) is 1.96. The van der Waals surface area contributed by atoms with E-state index in [0.717, 1.165) is 11.6 Å². The molecule has 4 nitrogen and oxygen atoms in total. The maximum atomic E-state index is 13.9. The van der Waals surface area contributed by atoms with E-state index in [0.29, 0.717) is 5.56 Å². The van der Waals surface area contributed by atoms with Gasteiger partial charge < -0.3 is 5.11 Å². The smallest absolute Gasteiger partial charge is 0.179 e. The van der Waals surface area contributed by atoms with Crippen LogP contribution < -0.4 is 4.57 Å². The summed E-state index contributed by atoms with van der Waals surface area (Å²) in [5.41, 5.74) is 0.205. The first kappa shape index (κ1) is 17.0. The Bertz CT molecular complexity index is 893. The Morgan fingerprint density at radius 2 is 2.00 bits per heavy atom. The van der Waals surface area contributed by atoms with Gasteiger partial charge in [0.1, 0.15) is 12.9 Å². The van der Waals surface area contributed by atoms with Crippen molar-refractivity contribution in [2.45, 2.75) is 30.8 Å². The van der Waals surface area contributed by atoms with Crippen LogP contribution >= 0.6 is 0 Å². The molecule has 0 aliphatic carbocycles. The second kappa shape index (κ2) is 5.63. The minimum atomic E-state index is -3.62. The fourth-order valence-corrected chi connectivity index (χ4v) is 5.60. The molecule has 0 unspecified atom stereocenters. The largest absolute Gasteiger partial charge is 0.392 e. The van der Waals surface area contributed by atoms with E-state index in [4.69, 9.17) is 0 Å². The van der Waals surface area contributed by atoms with Crippen molar-refractivity contribution in [2.75, 3.05) is 5.75 Å². The molecule has 0 amide bonds. The van der Waals surface area contributed by atoms with Crippen molar-refractivity contribution in [1.29, 1.82) is 0 Å². The number of aryl methyl sites for hydroxylation is 1. The van der Waals surface area contributed by atoms with Crippen molar-refractivity contribution in [3.8, 4) is 0 Å². The number of rotatable bonds is 1. The highest BCUT2D eigenvalue weighted by Gasteiger charge is 2.45. The van der Waals surface area contributed by atoms with Crippen LogP contribution in [0.4, 0.5) is 4.39 Å². The number of pyridine rings is 1. The fourth-order valence-electron chi connectivity index (χ4n) is 3.48. The second-order valence-corrected chi connectivity index (χ2v) is 9.11. The van der Waals surface area contributed by atoms with Crippen molar-refractivity contribution in [3.63, 3.8) is 0 Å². The molecule has 0 spiro atoms. The molecule has 0 saturated carbocycles. The number of benzene rings is 1. The third kappa shape index (κ3) is 2.84. The van der Waals surface area contributed by atoms with Crippen LogP contribution in [-0.2, 0) is 16.9 Å². The lowest BCUT2D eigenvalue weighted by atomic mass is 9.75. The topological polar surface area (TPSA) is 58.2 Å². The molecule has 1 aliphatic rings.